The number of carboxylic acids is 1. The standard InChI is InChI=1S/C28H36N2O5/c1-17(2)14-18(26(32)33)15-29-25(31)24(28(3,4)5)30-27(34)35-16-23-21-12-8-6-10-19(21)20-11-7-9-13-22(20)23/h6-13,17-18,23-24H,14-16H2,1-5H3,(H,29,31)(H,30,34)(H,32,33)/t18?,24-/m0/s1. The van der Waals surface area contributed by atoms with Crippen molar-refractivity contribution in [1.82, 2.24) is 10.6 Å². The second-order valence-corrected chi connectivity index (χ2v) is 10.7. The normalized spacial score (nSPS) is 14.6. The lowest BCUT2D eigenvalue weighted by Crippen LogP contribution is -2.54. The van der Waals surface area contributed by atoms with E-state index in [0.29, 0.717) is 6.42 Å². The van der Waals surface area contributed by atoms with Gasteiger partial charge >= 0.3 is 12.1 Å². The van der Waals surface area contributed by atoms with Crippen molar-refractivity contribution in [3.63, 3.8) is 0 Å². The highest BCUT2D eigenvalue weighted by Crippen LogP contribution is 2.44. The Morgan fingerprint density at radius 1 is 0.971 bits per heavy atom. The molecule has 2 aromatic rings. The summed E-state index contributed by atoms with van der Waals surface area (Å²) in [4.78, 5) is 37.3. The fraction of sp³-hybridized carbons (Fsp3) is 0.464. The zero-order valence-corrected chi connectivity index (χ0v) is 21.1. The number of nitrogens with one attached hydrogen (secondary N) is 2. The van der Waals surface area contributed by atoms with Gasteiger partial charge in [-0.1, -0.05) is 83.1 Å². The van der Waals surface area contributed by atoms with Crippen molar-refractivity contribution in [2.24, 2.45) is 17.3 Å². The third-order valence-electron chi connectivity index (χ3n) is 6.36. The van der Waals surface area contributed by atoms with Crippen LogP contribution in [0.15, 0.2) is 48.5 Å². The van der Waals surface area contributed by atoms with Crippen molar-refractivity contribution >= 4 is 18.0 Å². The Morgan fingerprint density at radius 2 is 1.51 bits per heavy atom. The summed E-state index contributed by atoms with van der Waals surface area (Å²) in [5, 5.41) is 14.9. The van der Waals surface area contributed by atoms with Gasteiger partial charge in [0.2, 0.25) is 5.91 Å². The number of aliphatic carboxylic acids is 1. The molecular formula is C28H36N2O5. The van der Waals surface area contributed by atoms with Crippen LogP contribution in [0.3, 0.4) is 0 Å². The van der Waals surface area contributed by atoms with Gasteiger partial charge in [-0.25, -0.2) is 4.79 Å². The minimum atomic E-state index is -0.948. The molecule has 35 heavy (non-hydrogen) atoms. The van der Waals surface area contributed by atoms with Crippen molar-refractivity contribution in [2.45, 2.75) is 53.0 Å². The third-order valence-corrected chi connectivity index (χ3v) is 6.36. The minimum absolute atomic E-state index is 0.00525. The number of carboxylic acid groups (broad SMARTS) is 1. The van der Waals surface area contributed by atoms with Gasteiger partial charge in [-0.15, -0.1) is 0 Å². The Hall–Kier alpha value is -3.35. The Labute approximate surface area is 207 Å². The molecule has 3 N–H and O–H groups in total. The molecule has 0 aromatic heterocycles. The maximum Gasteiger partial charge on any atom is 0.407 e. The summed E-state index contributed by atoms with van der Waals surface area (Å²) in [6.07, 6.45) is -0.228. The summed E-state index contributed by atoms with van der Waals surface area (Å²) < 4.78 is 5.61. The Balaban J connectivity index is 1.64. The van der Waals surface area contributed by atoms with Crippen LogP contribution in [0, 0.1) is 17.3 Å². The van der Waals surface area contributed by atoms with Crippen molar-refractivity contribution in [3.8, 4) is 11.1 Å². The molecule has 1 aliphatic carbocycles. The fourth-order valence-corrected chi connectivity index (χ4v) is 4.60. The van der Waals surface area contributed by atoms with Gasteiger partial charge < -0.3 is 20.5 Å². The maximum absolute atomic E-state index is 13.0. The molecule has 2 amide bonds. The smallest absolute Gasteiger partial charge is 0.407 e. The highest BCUT2D eigenvalue weighted by Gasteiger charge is 2.35. The average molecular weight is 481 g/mol. The highest BCUT2D eigenvalue weighted by molar-refractivity contribution is 5.87. The number of carbonyl (C=O) groups excluding carboxylic acids is 2. The van der Waals surface area contributed by atoms with Gasteiger partial charge in [0.15, 0.2) is 0 Å². The first-order valence-electron chi connectivity index (χ1n) is 12.1. The number of amides is 2. The Bertz CT molecular complexity index is 1030. The van der Waals surface area contributed by atoms with Crippen LogP contribution in [0.5, 0.6) is 0 Å². The Morgan fingerprint density at radius 3 is 2.00 bits per heavy atom. The van der Waals surface area contributed by atoms with Crippen molar-refractivity contribution in [1.29, 1.82) is 0 Å². The number of ether oxygens (including phenoxy) is 1. The van der Waals surface area contributed by atoms with Crippen LogP contribution >= 0.6 is 0 Å². The van der Waals surface area contributed by atoms with Crippen LogP contribution < -0.4 is 10.6 Å². The lowest BCUT2D eigenvalue weighted by molar-refractivity contribution is -0.142. The largest absolute Gasteiger partial charge is 0.481 e. The predicted octanol–water partition coefficient (Wildman–Crippen LogP) is 4.80. The number of fused-ring (bicyclic) bond motifs is 3. The van der Waals surface area contributed by atoms with Gasteiger partial charge in [0.05, 0.1) is 5.92 Å². The topological polar surface area (TPSA) is 105 Å². The highest BCUT2D eigenvalue weighted by atomic mass is 16.5. The molecule has 0 saturated heterocycles. The van der Waals surface area contributed by atoms with Gasteiger partial charge in [0.1, 0.15) is 12.6 Å². The molecule has 7 nitrogen and oxygen atoms in total. The van der Waals surface area contributed by atoms with E-state index in [2.05, 4.69) is 22.8 Å². The third kappa shape index (κ3) is 6.41. The van der Waals surface area contributed by atoms with Crippen molar-refractivity contribution in [2.75, 3.05) is 13.2 Å². The zero-order chi connectivity index (χ0) is 25.8. The molecule has 188 valence electrons. The van der Waals surface area contributed by atoms with E-state index in [1.807, 2.05) is 71.0 Å². The monoisotopic (exact) mass is 480 g/mol. The molecule has 0 aliphatic heterocycles. The number of rotatable bonds is 9. The van der Waals surface area contributed by atoms with E-state index in [9.17, 15) is 19.5 Å². The first-order chi connectivity index (χ1) is 16.5. The number of hydrogen-bond donors (Lipinski definition) is 3. The van der Waals surface area contributed by atoms with Crippen LogP contribution in [0.25, 0.3) is 11.1 Å². The molecule has 1 unspecified atom stereocenters. The maximum atomic E-state index is 13.0. The molecular weight excluding hydrogens is 444 g/mol. The molecule has 0 radical (unpaired) electrons. The quantitative estimate of drug-likeness (QED) is 0.478. The molecule has 1 aliphatic rings. The van der Waals surface area contributed by atoms with Crippen LogP contribution in [-0.2, 0) is 14.3 Å². The minimum Gasteiger partial charge on any atom is -0.481 e. The number of carbonyl (C=O) groups is 3. The summed E-state index contributed by atoms with van der Waals surface area (Å²) in [7, 11) is 0. The second-order valence-electron chi connectivity index (χ2n) is 10.7. The first-order valence-corrected chi connectivity index (χ1v) is 12.1. The molecule has 2 aromatic carbocycles. The van der Waals surface area contributed by atoms with E-state index < -0.39 is 35.3 Å². The molecule has 7 heteroatoms. The molecule has 0 spiro atoms. The predicted molar refractivity (Wildman–Crippen MR) is 135 cm³/mol. The van der Waals surface area contributed by atoms with E-state index in [-0.39, 0.29) is 25.0 Å². The van der Waals surface area contributed by atoms with Crippen molar-refractivity contribution in [3.05, 3.63) is 59.7 Å². The number of alkyl carbamates (subject to hydrolysis) is 1. The zero-order valence-electron chi connectivity index (χ0n) is 21.1. The molecule has 2 atom stereocenters. The lowest BCUT2D eigenvalue weighted by atomic mass is 9.86. The van der Waals surface area contributed by atoms with Gasteiger partial charge in [-0.2, -0.15) is 0 Å². The van der Waals surface area contributed by atoms with Gasteiger partial charge in [0.25, 0.3) is 0 Å². The lowest BCUT2D eigenvalue weighted by Gasteiger charge is -2.30. The van der Waals surface area contributed by atoms with Crippen LogP contribution in [-0.4, -0.2) is 42.3 Å². The van der Waals surface area contributed by atoms with E-state index in [4.69, 9.17) is 4.74 Å². The second kappa shape index (κ2) is 10.9. The summed E-state index contributed by atoms with van der Waals surface area (Å²) in [6.45, 7) is 9.54. The van der Waals surface area contributed by atoms with E-state index in [0.717, 1.165) is 22.3 Å². The summed E-state index contributed by atoms with van der Waals surface area (Å²) in [6, 6.07) is 15.3. The SMILES string of the molecule is CC(C)CC(CNC(=O)[C@H](NC(=O)OCC1c2ccccc2-c2ccccc21)C(C)(C)C)C(=O)O. The average Bonchev–Trinajstić information content (AvgIpc) is 3.11. The van der Waals surface area contributed by atoms with Crippen LogP contribution in [0.4, 0.5) is 4.79 Å². The Kier molecular flexibility index (Phi) is 8.20. The summed E-state index contributed by atoms with van der Waals surface area (Å²) in [5.74, 6) is -1.96. The van der Waals surface area contributed by atoms with E-state index in [1.165, 1.54) is 0 Å². The first kappa shape index (κ1) is 26.3. The van der Waals surface area contributed by atoms with Crippen LogP contribution in [0.1, 0.15) is 58.1 Å². The molecule has 0 saturated carbocycles. The van der Waals surface area contributed by atoms with Gasteiger partial charge in [-0.05, 0) is 40.0 Å². The van der Waals surface area contributed by atoms with Gasteiger partial charge in [-0.3, -0.25) is 9.59 Å². The van der Waals surface area contributed by atoms with Gasteiger partial charge in [0, 0.05) is 12.5 Å². The van der Waals surface area contributed by atoms with E-state index >= 15 is 0 Å². The van der Waals surface area contributed by atoms with Crippen LogP contribution in [0.2, 0.25) is 0 Å². The fourth-order valence-electron chi connectivity index (χ4n) is 4.60. The molecule has 0 bridgehead atoms. The molecule has 0 fully saturated rings. The van der Waals surface area contributed by atoms with E-state index in [1.54, 1.807) is 0 Å². The number of benzene rings is 2. The van der Waals surface area contributed by atoms with Crippen molar-refractivity contribution < 1.29 is 24.2 Å². The number of hydrogen-bond acceptors (Lipinski definition) is 4. The summed E-state index contributed by atoms with van der Waals surface area (Å²) >= 11 is 0. The molecule has 0 heterocycles. The summed E-state index contributed by atoms with van der Waals surface area (Å²) in [5.41, 5.74) is 3.89. The molecule has 3 rings (SSSR count).